The Morgan fingerprint density at radius 2 is 2.00 bits per heavy atom. The van der Waals surface area contributed by atoms with E-state index in [1.54, 1.807) is 18.7 Å². The van der Waals surface area contributed by atoms with Gasteiger partial charge in [-0.1, -0.05) is 25.4 Å². The Labute approximate surface area is 123 Å². The number of rotatable bonds is 4. The van der Waals surface area contributed by atoms with E-state index in [2.05, 4.69) is 10.4 Å². The van der Waals surface area contributed by atoms with E-state index >= 15 is 0 Å². The third kappa shape index (κ3) is 2.08. The molecule has 0 radical (unpaired) electrons. The molecule has 1 saturated heterocycles. The van der Waals surface area contributed by atoms with Crippen LogP contribution in [0.3, 0.4) is 0 Å². The molecule has 3 amide bonds. The molecule has 1 unspecified atom stereocenters. The van der Waals surface area contributed by atoms with Gasteiger partial charge in [0.05, 0.1) is 23.0 Å². The van der Waals surface area contributed by atoms with Gasteiger partial charge in [0, 0.05) is 7.05 Å². The summed E-state index contributed by atoms with van der Waals surface area (Å²) in [4.78, 5) is 25.4. The average Bonchev–Trinajstić information content (AvgIpc) is 2.80. The number of hydrogen-bond acceptors (Lipinski definition) is 3. The molecule has 0 aliphatic carbocycles. The Bertz CT molecular complexity index is 569. The van der Waals surface area contributed by atoms with Crippen LogP contribution in [0.5, 0.6) is 0 Å². The molecule has 1 aliphatic rings. The van der Waals surface area contributed by atoms with Gasteiger partial charge < -0.3 is 4.90 Å². The number of urea groups is 1. The lowest BCUT2D eigenvalue weighted by Crippen LogP contribution is -2.46. The third-order valence-corrected chi connectivity index (χ3v) is 4.49. The van der Waals surface area contributed by atoms with Gasteiger partial charge in [-0.25, -0.2) is 4.79 Å². The number of aromatic nitrogens is 2. The van der Waals surface area contributed by atoms with Crippen molar-refractivity contribution in [1.82, 2.24) is 20.0 Å². The molecule has 0 spiro atoms. The number of amides is 3. The summed E-state index contributed by atoms with van der Waals surface area (Å²) >= 11 is 6.30. The van der Waals surface area contributed by atoms with Crippen LogP contribution in [0.15, 0.2) is 0 Å². The number of hydrogen-bond donors (Lipinski definition) is 1. The highest BCUT2D eigenvalue weighted by Crippen LogP contribution is 2.30. The first-order valence-corrected chi connectivity index (χ1v) is 7.06. The zero-order valence-electron chi connectivity index (χ0n) is 12.2. The summed E-state index contributed by atoms with van der Waals surface area (Å²) in [6, 6.07) is -0.380. The first-order valence-electron chi connectivity index (χ1n) is 6.68. The highest BCUT2D eigenvalue weighted by atomic mass is 35.5. The Balaban J connectivity index is 2.36. The van der Waals surface area contributed by atoms with E-state index < -0.39 is 5.54 Å². The van der Waals surface area contributed by atoms with Crippen molar-refractivity contribution in [1.29, 1.82) is 0 Å². The maximum atomic E-state index is 12.0. The molecule has 20 heavy (non-hydrogen) atoms. The summed E-state index contributed by atoms with van der Waals surface area (Å²) in [6.45, 7) is 5.89. The maximum Gasteiger partial charge on any atom is 0.325 e. The molecular weight excluding hydrogens is 280 g/mol. The summed E-state index contributed by atoms with van der Waals surface area (Å²) in [5.74, 6) is -0.265. The van der Waals surface area contributed by atoms with E-state index in [1.165, 1.54) is 4.90 Å². The minimum atomic E-state index is -0.836. The van der Waals surface area contributed by atoms with Crippen molar-refractivity contribution in [3.63, 3.8) is 0 Å². The number of imide groups is 1. The molecule has 0 saturated carbocycles. The Hall–Kier alpha value is -1.56. The molecule has 1 aromatic rings. The Morgan fingerprint density at radius 1 is 1.35 bits per heavy atom. The molecule has 110 valence electrons. The smallest absolute Gasteiger partial charge is 0.304 e. The Morgan fingerprint density at radius 3 is 2.50 bits per heavy atom. The second-order valence-electron chi connectivity index (χ2n) is 5.16. The van der Waals surface area contributed by atoms with Gasteiger partial charge in [0.1, 0.15) is 5.54 Å². The molecule has 0 bridgehead atoms. The fourth-order valence-electron chi connectivity index (χ4n) is 2.39. The van der Waals surface area contributed by atoms with E-state index in [9.17, 15) is 9.59 Å². The van der Waals surface area contributed by atoms with Gasteiger partial charge in [0.15, 0.2) is 0 Å². The molecule has 1 fully saturated rings. The molecule has 2 heterocycles. The summed E-state index contributed by atoms with van der Waals surface area (Å²) < 4.78 is 1.67. The average molecular weight is 299 g/mol. The zero-order chi connectivity index (χ0) is 15.1. The van der Waals surface area contributed by atoms with Crippen molar-refractivity contribution < 1.29 is 9.59 Å². The van der Waals surface area contributed by atoms with Crippen LogP contribution in [-0.4, -0.2) is 32.2 Å². The van der Waals surface area contributed by atoms with Gasteiger partial charge in [-0.15, -0.1) is 0 Å². The summed E-state index contributed by atoms with van der Waals surface area (Å²) in [7, 11) is 1.79. The van der Waals surface area contributed by atoms with Crippen LogP contribution in [-0.2, 0) is 24.8 Å². The highest BCUT2D eigenvalue weighted by molar-refractivity contribution is 6.31. The van der Waals surface area contributed by atoms with E-state index in [4.69, 9.17) is 11.6 Å². The monoisotopic (exact) mass is 298 g/mol. The predicted molar refractivity (Wildman–Crippen MR) is 75.4 cm³/mol. The van der Waals surface area contributed by atoms with Crippen molar-refractivity contribution in [3.8, 4) is 0 Å². The van der Waals surface area contributed by atoms with E-state index in [0.717, 1.165) is 17.8 Å². The van der Waals surface area contributed by atoms with Crippen LogP contribution in [0.25, 0.3) is 0 Å². The molecule has 0 aromatic carbocycles. The number of nitrogens with one attached hydrogen (secondary N) is 1. The number of nitrogens with zero attached hydrogens (tertiary/aromatic N) is 3. The van der Waals surface area contributed by atoms with Gasteiger partial charge >= 0.3 is 6.03 Å². The fraction of sp³-hybridized carbons (Fsp3) is 0.615. The lowest BCUT2D eigenvalue weighted by molar-refractivity contribution is -0.126. The van der Waals surface area contributed by atoms with Gasteiger partial charge in [0.25, 0.3) is 5.91 Å². The van der Waals surface area contributed by atoms with E-state index in [-0.39, 0.29) is 18.5 Å². The molecule has 2 rings (SSSR count). The van der Waals surface area contributed by atoms with Crippen molar-refractivity contribution in [2.75, 3.05) is 0 Å². The summed E-state index contributed by atoms with van der Waals surface area (Å²) in [6.07, 6.45) is 1.27. The van der Waals surface area contributed by atoms with Crippen LogP contribution in [0, 0.1) is 0 Å². The predicted octanol–water partition coefficient (Wildman–Crippen LogP) is 1.86. The van der Waals surface area contributed by atoms with E-state index in [1.807, 2.05) is 13.8 Å². The molecule has 7 heteroatoms. The molecule has 1 atom stereocenters. The van der Waals surface area contributed by atoms with Crippen LogP contribution >= 0.6 is 11.6 Å². The maximum absolute atomic E-state index is 12.0. The van der Waals surface area contributed by atoms with Gasteiger partial charge in [-0.3, -0.25) is 14.8 Å². The molecule has 1 N–H and O–H groups in total. The molecular formula is C13H19ClN4O2. The lowest BCUT2D eigenvalue weighted by Gasteiger charge is -2.30. The van der Waals surface area contributed by atoms with Gasteiger partial charge in [-0.05, 0) is 19.8 Å². The second kappa shape index (κ2) is 5.09. The van der Waals surface area contributed by atoms with Gasteiger partial charge in [0.2, 0.25) is 0 Å². The Kier molecular flexibility index (Phi) is 3.77. The van der Waals surface area contributed by atoms with Crippen LogP contribution in [0.1, 0.15) is 38.6 Å². The number of carbonyl (C=O) groups is 2. The third-order valence-electron chi connectivity index (χ3n) is 4.05. The summed E-state index contributed by atoms with van der Waals surface area (Å²) in [5, 5.41) is 7.26. The number of aryl methyl sites for hydroxylation is 2. The number of halogens is 1. The standard InChI is InChI=1S/C13H19ClN4O2/c1-5-8-10(14)9(17(4)16-8)7-18-12(20)15-11(19)13(18,3)6-2/h5-7H2,1-4H3,(H,15,19,20). The minimum absolute atomic E-state index is 0.265. The van der Waals surface area contributed by atoms with Crippen molar-refractivity contribution in [2.24, 2.45) is 7.05 Å². The largest absolute Gasteiger partial charge is 0.325 e. The quantitative estimate of drug-likeness (QED) is 0.863. The normalized spacial score (nSPS) is 22.6. The molecule has 1 aromatic heterocycles. The second-order valence-corrected chi connectivity index (χ2v) is 5.54. The first kappa shape index (κ1) is 14.8. The number of carbonyl (C=O) groups excluding carboxylic acids is 2. The SMILES string of the molecule is CCc1nn(C)c(CN2C(=O)NC(=O)C2(C)CC)c1Cl. The first-order chi connectivity index (χ1) is 9.35. The summed E-state index contributed by atoms with van der Waals surface area (Å²) in [5.41, 5.74) is 0.707. The topological polar surface area (TPSA) is 67.2 Å². The molecule has 6 nitrogen and oxygen atoms in total. The van der Waals surface area contributed by atoms with Crippen molar-refractivity contribution in [2.45, 2.75) is 45.7 Å². The van der Waals surface area contributed by atoms with Crippen molar-refractivity contribution >= 4 is 23.5 Å². The fourth-order valence-corrected chi connectivity index (χ4v) is 2.74. The van der Waals surface area contributed by atoms with Crippen LogP contribution in [0.4, 0.5) is 4.79 Å². The zero-order valence-corrected chi connectivity index (χ0v) is 12.9. The highest BCUT2D eigenvalue weighted by Gasteiger charge is 2.48. The van der Waals surface area contributed by atoms with E-state index in [0.29, 0.717) is 11.4 Å². The van der Waals surface area contributed by atoms with Crippen LogP contribution < -0.4 is 5.32 Å². The van der Waals surface area contributed by atoms with Gasteiger partial charge in [-0.2, -0.15) is 5.10 Å². The molecule has 1 aliphatic heterocycles. The van der Waals surface area contributed by atoms with Crippen molar-refractivity contribution in [3.05, 3.63) is 16.4 Å². The minimum Gasteiger partial charge on any atom is -0.304 e. The van der Waals surface area contributed by atoms with Crippen LogP contribution in [0.2, 0.25) is 5.02 Å². The lowest BCUT2D eigenvalue weighted by atomic mass is 9.97.